The third-order valence-electron chi connectivity index (χ3n) is 16.2. The summed E-state index contributed by atoms with van der Waals surface area (Å²) in [6.07, 6.45) is 0. The Morgan fingerprint density at radius 2 is 1.10 bits per heavy atom. The third-order valence-corrected chi connectivity index (χ3v) is 17.3. The van der Waals surface area contributed by atoms with E-state index in [1.54, 1.807) is 0 Å². The Morgan fingerprint density at radius 3 is 1.84 bits per heavy atom. The summed E-state index contributed by atoms with van der Waals surface area (Å²) in [5.74, 6) is 0. The molecule has 4 aliphatic rings. The molecular weight excluding hydrogens is 866 g/mol. The van der Waals surface area contributed by atoms with Crippen molar-refractivity contribution in [2.24, 2.45) is 0 Å². The molecule has 1 atom stereocenters. The van der Waals surface area contributed by atoms with E-state index in [9.17, 15) is 0 Å². The summed E-state index contributed by atoms with van der Waals surface area (Å²) in [5.41, 5.74) is 27.5. The van der Waals surface area contributed by atoms with Gasteiger partial charge in [0.25, 0.3) is 6.71 Å². The molecule has 0 amide bonds. The highest BCUT2D eigenvalue weighted by atomic mass is 32.1. The monoisotopic (exact) mass is 913 g/mol. The van der Waals surface area contributed by atoms with E-state index in [4.69, 9.17) is 0 Å². The molecule has 3 nitrogen and oxygen atoms in total. The van der Waals surface area contributed by atoms with Gasteiger partial charge in [-0.2, -0.15) is 0 Å². The van der Waals surface area contributed by atoms with Gasteiger partial charge in [0.05, 0.1) is 22.1 Å². The van der Waals surface area contributed by atoms with Gasteiger partial charge in [-0.1, -0.05) is 166 Å². The molecule has 5 heterocycles. The zero-order chi connectivity index (χ0) is 46.8. The van der Waals surface area contributed by atoms with Crippen molar-refractivity contribution in [2.75, 3.05) is 9.80 Å². The van der Waals surface area contributed by atoms with Gasteiger partial charge < -0.3 is 14.4 Å². The van der Waals surface area contributed by atoms with Crippen molar-refractivity contribution in [3.05, 3.63) is 238 Å². The van der Waals surface area contributed by atoms with Crippen molar-refractivity contribution in [1.82, 2.24) is 4.57 Å². The van der Waals surface area contributed by atoms with Gasteiger partial charge in [-0.05, 0) is 145 Å². The number of thiophene rings is 1. The Morgan fingerprint density at radius 1 is 0.457 bits per heavy atom. The van der Waals surface area contributed by atoms with Crippen LogP contribution in [0.2, 0.25) is 0 Å². The Kier molecular flexibility index (Phi) is 8.08. The minimum absolute atomic E-state index is 0.0435. The summed E-state index contributed by atoms with van der Waals surface area (Å²) in [5, 5.41) is 4.92. The molecule has 1 aliphatic carbocycles. The van der Waals surface area contributed by atoms with Crippen LogP contribution in [-0.4, -0.2) is 11.3 Å². The molecule has 0 saturated heterocycles. The molecule has 0 bridgehead atoms. The summed E-state index contributed by atoms with van der Waals surface area (Å²) in [6, 6.07) is 74.4. The molecule has 11 aromatic rings. The number of benzene rings is 9. The molecule has 70 heavy (non-hydrogen) atoms. The second-order valence-corrected chi connectivity index (χ2v) is 21.9. The molecule has 332 valence electrons. The molecule has 0 unspecified atom stereocenters. The quantitative estimate of drug-likeness (QED) is 0.164. The first-order chi connectivity index (χ1) is 34.2. The molecule has 0 N–H and O–H groups in total. The number of para-hydroxylation sites is 4. The molecule has 9 aromatic carbocycles. The van der Waals surface area contributed by atoms with Crippen LogP contribution in [0, 0.1) is 13.8 Å². The number of anilines is 6. The van der Waals surface area contributed by atoms with E-state index in [2.05, 4.69) is 248 Å². The molecule has 1 spiro atoms. The van der Waals surface area contributed by atoms with E-state index in [0.29, 0.717) is 0 Å². The van der Waals surface area contributed by atoms with Crippen molar-refractivity contribution in [2.45, 2.75) is 45.4 Å². The van der Waals surface area contributed by atoms with Crippen LogP contribution in [0.1, 0.15) is 59.0 Å². The average Bonchev–Trinajstić information content (AvgIpc) is 4.08. The highest BCUT2D eigenvalue weighted by Crippen LogP contribution is 2.63. The summed E-state index contributed by atoms with van der Waals surface area (Å²) < 4.78 is 2.56. The second-order valence-electron chi connectivity index (χ2n) is 20.9. The molecule has 15 rings (SSSR count). The standard InChI is InChI=1S/C65H48BN3S/c1-39-18-9-14-27-53(39)67-57-36-43(64(3,4)5)30-31-51(57)66-52-37-47-44-22-11-13-25-48(44)65(49-26-17-24-46-45-23-12-16-29-55(45)69(62(46)49)56-32-33-70-63(56)65)50(47)38-58(52)68(54-28-15-10-19-40(54)2)60-35-42(34-59(67)61(60)66)41-20-7-6-8-21-41/h6-38H,1-5H3/t65-/m1/s1. The topological polar surface area (TPSA) is 11.4 Å². The first-order valence-corrected chi connectivity index (χ1v) is 25.6. The van der Waals surface area contributed by atoms with Gasteiger partial charge in [-0.3, -0.25) is 0 Å². The van der Waals surface area contributed by atoms with E-state index in [-0.39, 0.29) is 12.1 Å². The van der Waals surface area contributed by atoms with Gasteiger partial charge >= 0.3 is 0 Å². The first kappa shape index (κ1) is 40.1. The smallest absolute Gasteiger partial charge is 0.252 e. The van der Waals surface area contributed by atoms with Crippen LogP contribution in [0.5, 0.6) is 0 Å². The number of hydrogen-bond acceptors (Lipinski definition) is 3. The number of fused-ring (bicyclic) bond motifs is 16. The lowest BCUT2D eigenvalue weighted by Crippen LogP contribution is -2.61. The molecule has 0 radical (unpaired) electrons. The van der Waals surface area contributed by atoms with Gasteiger partial charge in [0, 0.05) is 49.8 Å². The van der Waals surface area contributed by atoms with E-state index in [1.807, 2.05) is 11.3 Å². The van der Waals surface area contributed by atoms with Crippen LogP contribution in [0.3, 0.4) is 0 Å². The summed E-state index contributed by atoms with van der Waals surface area (Å²) in [4.78, 5) is 6.61. The number of aryl methyl sites for hydroxylation is 2. The van der Waals surface area contributed by atoms with Crippen molar-refractivity contribution in [3.63, 3.8) is 0 Å². The van der Waals surface area contributed by atoms with Gasteiger partial charge in [-0.25, -0.2) is 0 Å². The van der Waals surface area contributed by atoms with E-state index >= 15 is 0 Å². The lowest BCUT2D eigenvalue weighted by atomic mass is 9.33. The van der Waals surface area contributed by atoms with Gasteiger partial charge in [0.15, 0.2) is 0 Å². The maximum Gasteiger partial charge on any atom is 0.252 e. The van der Waals surface area contributed by atoms with Crippen LogP contribution in [0.25, 0.3) is 49.7 Å². The fraction of sp³-hybridized carbons (Fsp3) is 0.108. The second kappa shape index (κ2) is 14.1. The summed E-state index contributed by atoms with van der Waals surface area (Å²) >= 11 is 1.90. The Balaban J connectivity index is 1.11. The average molecular weight is 914 g/mol. The molecule has 3 aliphatic heterocycles. The van der Waals surface area contributed by atoms with Crippen molar-refractivity contribution >= 4 is 90.4 Å². The fourth-order valence-corrected chi connectivity index (χ4v) is 14.3. The zero-order valence-corrected chi connectivity index (χ0v) is 40.7. The predicted octanol–water partition coefficient (Wildman–Crippen LogP) is 15.2. The normalized spacial score (nSPS) is 15.8. The van der Waals surface area contributed by atoms with Crippen LogP contribution >= 0.6 is 11.3 Å². The molecule has 5 heteroatoms. The highest BCUT2D eigenvalue weighted by Gasteiger charge is 2.54. The van der Waals surface area contributed by atoms with Gasteiger partial charge in [-0.15, -0.1) is 11.3 Å². The molecule has 0 saturated carbocycles. The van der Waals surface area contributed by atoms with Crippen molar-refractivity contribution in [1.29, 1.82) is 0 Å². The minimum atomic E-state index is -0.545. The highest BCUT2D eigenvalue weighted by molar-refractivity contribution is 7.10. The maximum atomic E-state index is 2.65. The lowest BCUT2D eigenvalue weighted by molar-refractivity contribution is 0.590. The van der Waals surface area contributed by atoms with E-state index in [1.165, 1.54) is 139 Å². The largest absolute Gasteiger partial charge is 0.311 e. The SMILES string of the molecule is Cc1ccccc1N1c2cc(C(C)(C)C)ccc2B2c3cc4c(cc3N(c3ccccc3C)c3cc(-c5ccccc5)cc1c32)[C@]1(c2ccccc2-4)c2sccc2-n2c3ccccc3c3cccc1c32. The van der Waals surface area contributed by atoms with E-state index < -0.39 is 5.41 Å². The number of nitrogens with zero attached hydrogens (tertiary/aromatic N) is 3. The fourth-order valence-electron chi connectivity index (χ4n) is 13.2. The number of aromatic nitrogens is 1. The number of rotatable bonds is 3. The first-order valence-electron chi connectivity index (χ1n) is 24.7. The van der Waals surface area contributed by atoms with Crippen LogP contribution in [0.4, 0.5) is 34.1 Å². The number of hydrogen-bond donors (Lipinski definition) is 0. The molecule has 0 fully saturated rings. The Bertz CT molecular complexity index is 4060. The van der Waals surface area contributed by atoms with Crippen LogP contribution < -0.4 is 26.2 Å². The van der Waals surface area contributed by atoms with Crippen molar-refractivity contribution < 1.29 is 0 Å². The lowest BCUT2D eigenvalue weighted by Gasteiger charge is -2.46. The van der Waals surface area contributed by atoms with Gasteiger partial charge in [0.1, 0.15) is 0 Å². The summed E-state index contributed by atoms with van der Waals surface area (Å²) in [7, 11) is 0. The Labute approximate surface area is 413 Å². The van der Waals surface area contributed by atoms with Gasteiger partial charge in [0.2, 0.25) is 0 Å². The van der Waals surface area contributed by atoms with Crippen LogP contribution in [0.15, 0.2) is 200 Å². The van der Waals surface area contributed by atoms with Crippen LogP contribution in [-0.2, 0) is 10.8 Å². The maximum absolute atomic E-state index is 2.65. The van der Waals surface area contributed by atoms with E-state index in [0.717, 1.165) is 0 Å². The summed E-state index contributed by atoms with van der Waals surface area (Å²) in [6.45, 7) is 11.5. The third kappa shape index (κ3) is 5.10. The minimum Gasteiger partial charge on any atom is -0.311 e. The molecule has 2 aromatic heterocycles. The van der Waals surface area contributed by atoms with Crippen molar-refractivity contribution in [3.8, 4) is 27.9 Å². The Hall–Kier alpha value is -7.86. The zero-order valence-electron chi connectivity index (χ0n) is 39.9. The molecular formula is C65H48BN3S. The predicted molar refractivity (Wildman–Crippen MR) is 297 cm³/mol.